The number of hydrogen-bond acceptors (Lipinski definition) is 2. The summed E-state index contributed by atoms with van der Waals surface area (Å²) >= 11 is 0. The Kier molecular flexibility index (Phi) is 18.6. The van der Waals surface area contributed by atoms with Gasteiger partial charge in [-0.3, -0.25) is 0 Å². The van der Waals surface area contributed by atoms with E-state index in [0.29, 0.717) is 0 Å². The molecule has 21 rings (SSSR count). The van der Waals surface area contributed by atoms with Gasteiger partial charge in [0.05, 0.1) is 22.1 Å². The van der Waals surface area contributed by atoms with Crippen LogP contribution in [0.2, 0.25) is 0 Å². The highest BCUT2D eigenvalue weighted by Crippen LogP contribution is 2.49. The Morgan fingerprint density at radius 3 is 0.974 bits per heavy atom. The van der Waals surface area contributed by atoms with Crippen LogP contribution >= 0.6 is 0 Å². The maximum atomic E-state index is 2.44. The molecule has 0 aliphatic heterocycles. The first-order chi connectivity index (χ1) is 56.6. The van der Waals surface area contributed by atoms with Crippen LogP contribution < -0.4 is 9.80 Å². The minimum atomic E-state index is 0. The Hall–Kier alpha value is -14.6. The molecule has 0 saturated heterocycles. The van der Waals surface area contributed by atoms with Gasteiger partial charge in [0.2, 0.25) is 0 Å². The summed E-state index contributed by atoms with van der Waals surface area (Å²) in [5, 5.41) is 15.0. The summed E-state index contributed by atoms with van der Waals surface area (Å²) in [5.41, 5.74) is 28.9. The van der Waals surface area contributed by atoms with Gasteiger partial charge in [0.15, 0.2) is 0 Å². The van der Waals surface area contributed by atoms with Crippen molar-refractivity contribution in [1.29, 1.82) is 0 Å². The van der Waals surface area contributed by atoms with E-state index in [-0.39, 0.29) is 12.8 Å². The summed E-state index contributed by atoms with van der Waals surface area (Å²) in [4.78, 5) is 4.67. The highest BCUT2D eigenvalue weighted by atomic mass is 15.1. The Morgan fingerprint density at radius 1 is 0.207 bits per heavy atom. The molecule has 0 unspecified atom stereocenters. The highest BCUT2D eigenvalue weighted by molar-refractivity contribution is 6.23. The molecule has 554 valence electrons. The van der Waals surface area contributed by atoms with E-state index < -0.39 is 0 Å². The molecule has 0 aliphatic carbocycles. The highest BCUT2D eigenvalue weighted by Gasteiger charge is 2.25. The fourth-order valence-corrected chi connectivity index (χ4v) is 17.9. The fraction of sp³-hybridized carbons (Fsp3) is 0.0536. The van der Waals surface area contributed by atoms with Crippen molar-refractivity contribution in [3.05, 3.63) is 436 Å². The van der Waals surface area contributed by atoms with Gasteiger partial charge in [-0.1, -0.05) is 325 Å². The molecule has 0 N–H and O–H groups in total. The Morgan fingerprint density at radius 2 is 0.534 bits per heavy atom. The molecule has 4 heteroatoms. The molecular weight excluding hydrogens is 1400 g/mol. The zero-order valence-corrected chi connectivity index (χ0v) is 64.7. The van der Waals surface area contributed by atoms with E-state index in [1.54, 1.807) is 0 Å². The second-order valence-corrected chi connectivity index (χ2v) is 31.1. The standard InChI is InChI=1S/C57H40N2.C54H42N2.CH4/c1-39-17-8-9-24-47(39)40-31-33-41(34-32-40)56-49-26-10-12-28-51(49)57(52-29-13-11-27-50(52)56)42-18-16-23-45(37-42)59-54-30-15-14-25-48(54)53-38-46(35-36-55(53)59)58(43-19-4-2-5-20-43)44-21-6-3-7-22-44;1-54(2,3)39-29-33-47-49(35-39)53(37-17-7-4-8-18-37)46-25-14-13-24-45(46)52(47)38-27-30-42(31-28-38)56-50-26-16-15-23-44(50)48-36-43(32-34-51(48)56)55(40-19-9-5-10-20-40)41-21-11-6-12-22-41;/h2-38H,1H3;4-36H,1-3H3;1H4. The number of hydrogen-bond donors (Lipinski definition) is 0. The van der Waals surface area contributed by atoms with Crippen molar-refractivity contribution in [3.63, 3.8) is 0 Å². The topological polar surface area (TPSA) is 16.3 Å². The third-order valence-corrected chi connectivity index (χ3v) is 23.2. The molecule has 0 atom stereocenters. The number of anilines is 6. The number of aromatic nitrogens is 2. The van der Waals surface area contributed by atoms with E-state index in [0.717, 1.165) is 45.5 Å². The van der Waals surface area contributed by atoms with Crippen molar-refractivity contribution in [3.8, 4) is 67.0 Å². The van der Waals surface area contributed by atoms with Gasteiger partial charge in [0.1, 0.15) is 0 Å². The molecule has 4 nitrogen and oxygen atoms in total. The van der Waals surface area contributed by atoms with E-state index in [1.807, 2.05) is 0 Å². The summed E-state index contributed by atoms with van der Waals surface area (Å²) < 4.78 is 4.85. The number of fused-ring (bicyclic) bond motifs is 10. The third kappa shape index (κ3) is 12.8. The maximum absolute atomic E-state index is 2.44. The van der Waals surface area contributed by atoms with Crippen molar-refractivity contribution in [2.45, 2.75) is 40.5 Å². The van der Waals surface area contributed by atoms with Gasteiger partial charge in [-0.05, 0) is 250 Å². The Labute approximate surface area is 678 Å². The summed E-state index contributed by atoms with van der Waals surface area (Å²) in [6, 6.07) is 155. The summed E-state index contributed by atoms with van der Waals surface area (Å²) in [6.07, 6.45) is 0. The van der Waals surface area contributed by atoms with Crippen LogP contribution in [0.15, 0.2) is 425 Å². The molecule has 116 heavy (non-hydrogen) atoms. The van der Waals surface area contributed by atoms with Gasteiger partial charge in [0.25, 0.3) is 0 Å². The van der Waals surface area contributed by atoms with Gasteiger partial charge < -0.3 is 18.9 Å². The second kappa shape index (κ2) is 30.2. The maximum Gasteiger partial charge on any atom is 0.0542 e. The van der Waals surface area contributed by atoms with Crippen LogP contribution in [0.1, 0.15) is 39.3 Å². The van der Waals surface area contributed by atoms with Crippen LogP contribution in [-0.4, -0.2) is 9.13 Å². The predicted molar refractivity (Wildman–Crippen MR) is 498 cm³/mol. The molecule has 0 aliphatic rings. The lowest BCUT2D eigenvalue weighted by Gasteiger charge is -2.25. The lowest BCUT2D eigenvalue weighted by atomic mass is 9.81. The van der Waals surface area contributed by atoms with Gasteiger partial charge in [-0.25, -0.2) is 0 Å². The molecule has 0 saturated carbocycles. The Balaban J connectivity index is 0.000000154. The first-order valence-corrected chi connectivity index (χ1v) is 39.9. The van der Waals surface area contributed by atoms with Crippen LogP contribution in [0.25, 0.3) is 154 Å². The van der Waals surface area contributed by atoms with Crippen LogP contribution in [-0.2, 0) is 5.41 Å². The lowest BCUT2D eigenvalue weighted by molar-refractivity contribution is 0.591. The largest absolute Gasteiger partial charge is 0.310 e. The molecule has 19 aromatic carbocycles. The monoisotopic (exact) mass is 1490 g/mol. The number of rotatable bonds is 13. The van der Waals surface area contributed by atoms with E-state index >= 15 is 0 Å². The summed E-state index contributed by atoms with van der Waals surface area (Å²) in [5.74, 6) is 0. The third-order valence-electron chi connectivity index (χ3n) is 23.2. The first-order valence-electron chi connectivity index (χ1n) is 39.9. The minimum absolute atomic E-state index is 0. The molecule has 0 radical (unpaired) electrons. The van der Waals surface area contributed by atoms with E-state index in [2.05, 4.69) is 471 Å². The van der Waals surface area contributed by atoms with E-state index in [9.17, 15) is 0 Å². The van der Waals surface area contributed by atoms with Crippen LogP contribution in [0.3, 0.4) is 0 Å². The smallest absolute Gasteiger partial charge is 0.0542 e. The second-order valence-electron chi connectivity index (χ2n) is 31.1. The van der Waals surface area contributed by atoms with Gasteiger partial charge in [-0.2, -0.15) is 0 Å². The molecule has 0 amide bonds. The normalized spacial score (nSPS) is 11.6. The zero-order valence-electron chi connectivity index (χ0n) is 64.7. The molecule has 0 spiro atoms. The molecule has 21 aromatic rings. The van der Waals surface area contributed by atoms with Crippen molar-refractivity contribution in [1.82, 2.24) is 9.13 Å². The molecule has 2 aromatic heterocycles. The quantitative estimate of drug-likeness (QED) is 0.107. The lowest BCUT2D eigenvalue weighted by Crippen LogP contribution is -2.10. The SMILES string of the molecule is C.CC(C)(C)c1ccc2c(-c3ccc(-n4c5ccccc5c5cc(N(c6ccccc6)c6ccccc6)ccc54)cc3)c3ccccc3c(-c3ccccc3)c2c1.Cc1ccccc1-c1ccc(-c2c3ccccc3c(-c3cccc(-n4c5ccccc5c5cc(N(c6ccccc6)c6ccccc6)ccc54)c3)c3ccccc23)cc1. The number of aryl methyl sites for hydroxylation is 1. The van der Waals surface area contributed by atoms with Crippen molar-refractivity contribution >= 4 is 121 Å². The van der Waals surface area contributed by atoms with Crippen LogP contribution in [0.4, 0.5) is 34.1 Å². The summed E-state index contributed by atoms with van der Waals surface area (Å²) in [6.45, 7) is 9.08. The van der Waals surface area contributed by atoms with Gasteiger partial charge in [-0.15, -0.1) is 0 Å². The van der Waals surface area contributed by atoms with Crippen molar-refractivity contribution < 1.29 is 0 Å². The predicted octanol–water partition coefficient (Wildman–Crippen LogP) is 31.7. The molecule has 0 bridgehead atoms. The van der Waals surface area contributed by atoms with E-state index in [1.165, 1.54) is 153 Å². The number of benzene rings is 19. The Bertz CT molecular complexity index is 7080. The molecule has 2 heterocycles. The van der Waals surface area contributed by atoms with E-state index in [4.69, 9.17) is 0 Å². The van der Waals surface area contributed by atoms with Gasteiger partial charge in [0, 0.05) is 67.0 Å². The van der Waals surface area contributed by atoms with Crippen molar-refractivity contribution in [2.75, 3.05) is 9.80 Å². The number of nitrogens with zero attached hydrogens (tertiary/aromatic N) is 4. The average Bonchev–Trinajstić information content (AvgIpc) is 0.882. The number of para-hydroxylation sites is 6. The summed E-state index contributed by atoms with van der Waals surface area (Å²) in [7, 11) is 0. The van der Waals surface area contributed by atoms with Crippen LogP contribution in [0.5, 0.6) is 0 Å². The van der Waals surface area contributed by atoms with Crippen molar-refractivity contribution in [2.24, 2.45) is 0 Å². The zero-order chi connectivity index (χ0) is 77.1. The minimum Gasteiger partial charge on any atom is -0.310 e. The van der Waals surface area contributed by atoms with Gasteiger partial charge >= 0.3 is 0 Å². The van der Waals surface area contributed by atoms with Crippen LogP contribution in [0, 0.1) is 6.92 Å². The average molecular weight is 1490 g/mol. The molecular formula is C112H86N4. The fourth-order valence-electron chi connectivity index (χ4n) is 17.9. The first kappa shape index (κ1) is 71.7. The molecule has 0 fully saturated rings.